The summed E-state index contributed by atoms with van der Waals surface area (Å²) in [7, 11) is 0. The minimum Gasteiger partial charge on any atom is -0.257 e. The van der Waals surface area contributed by atoms with E-state index in [1.54, 1.807) is 12.3 Å². The molecule has 0 fully saturated rings. The van der Waals surface area contributed by atoms with Gasteiger partial charge in [-0.3, -0.25) is 9.98 Å². The van der Waals surface area contributed by atoms with Crippen molar-refractivity contribution in [2.24, 2.45) is 4.99 Å². The Morgan fingerprint density at radius 3 is 1.71 bits per heavy atom. The average Bonchev–Trinajstić information content (AvgIpc) is 2.94. The summed E-state index contributed by atoms with van der Waals surface area (Å²) in [6.45, 7) is 12.7. The molecular formula is C35H29ClN2O3Re. The quantitative estimate of drug-likeness (QED) is 0.179. The first kappa shape index (κ1) is 31.2. The largest absolute Gasteiger partial charge is 0.257 e. The number of carbonyl (C=O) groups excluding carboxylic acids is 3. The maximum absolute atomic E-state index is 12.6. The Morgan fingerprint density at radius 2 is 1.24 bits per heavy atom. The Bertz CT molecular complexity index is 2070. The summed E-state index contributed by atoms with van der Waals surface area (Å²) in [5.41, 5.74) is 4.07. The fourth-order valence-electron chi connectivity index (χ4n) is 5.31. The van der Waals surface area contributed by atoms with Gasteiger partial charge in [-0.1, -0.05) is 102 Å². The van der Waals surface area contributed by atoms with E-state index in [0.29, 0.717) is 33.0 Å². The molecule has 7 heteroatoms. The summed E-state index contributed by atoms with van der Waals surface area (Å²) < 4.78 is 0. The molecule has 5 nitrogen and oxygen atoms in total. The molecule has 0 spiro atoms. The van der Waals surface area contributed by atoms with Crippen LogP contribution in [0.2, 0.25) is 0 Å². The van der Waals surface area contributed by atoms with Crippen LogP contribution in [0.25, 0.3) is 27.6 Å². The van der Waals surface area contributed by atoms with E-state index in [-0.39, 0.29) is 52.5 Å². The van der Waals surface area contributed by atoms with Gasteiger partial charge in [0, 0.05) is 42.8 Å². The zero-order valence-corrected chi connectivity index (χ0v) is 27.7. The molecule has 1 aliphatic rings. The molecule has 4 aromatic rings. The second-order valence-electron chi connectivity index (χ2n) is 12.3. The Morgan fingerprint density at radius 1 is 0.714 bits per heavy atom. The van der Waals surface area contributed by atoms with E-state index < -0.39 is 5.50 Å². The van der Waals surface area contributed by atoms with Gasteiger partial charge < -0.3 is 0 Å². The molecule has 0 saturated heterocycles. The van der Waals surface area contributed by atoms with Gasteiger partial charge in [-0.2, -0.15) is 0 Å². The van der Waals surface area contributed by atoms with Crippen molar-refractivity contribution in [2.45, 2.75) is 57.9 Å². The number of aromatic nitrogens is 1. The van der Waals surface area contributed by atoms with Gasteiger partial charge in [0.1, 0.15) is 17.8 Å². The van der Waals surface area contributed by atoms with Gasteiger partial charge in [0.15, 0.2) is 5.50 Å². The summed E-state index contributed by atoms with van der Waals surface area (Å²) in [5.74, 6) is 5.88. The van der Waals surface area contributed by atoms with Gasteiger partial charge >= 0.3 is 0 Å². The van der Waals surface area contributed by atoms with Gasteiger partial charge in [-0.05, 0) is 44.7 Å². The van der Waals surface area contributed by atoms with Crippen LogP contribution in [0, 0.1) is 0 Å². The Labute approximate surface area is 262 Å². The summed E-state index contributed by atoms with van der Waals surface area (Å²) in [6, 6.07) is 17.5. The second kappa shape index (κ2) is 11.5. The third-order valence-electron chi connectivity index (χ3n) is 7.58. The second-order valence-corrected chi connectivity index (χ2v) is 12.7. The topological polar surface area (TPSA) is 76.5 Å². The molecule has 211 valence electrons. The molecule has 0 aliphatic carbocycles. The van der Waals surface area contributed by atoms with Crippen LogP contribution < -0.4 is 21.0 Å². The molecule has 0 saturated carbocycles. The van der Waals surface area contributed by atoms with Gasteiger partial charge in [-0.15, -0.1) is 0 Å². The van der Waals surface area contributed by atoms with Crippen LogP contribution in [0.15, 0.2) is 71.4 Å². The van der Waals surface area contributed by atoms with Crippen molar-refractivity contribution in [2.75, 3.05) is 0 Å². The molecule has 5 rings (SSSR count). The molecule has 1 radical (unpaired) electrons. The number of hydrogen-bond donors (Lipinski definition) is 0. The molecule has 1 atom stereocenters. The van der Waals surface area contributed by atoms with Crippen molar-refractivity contribution < 1.29 is 34.8 Å². The minimum atomic E-state index is -1.07. The van der Waals surface area contributed by atoms with E-state index in [0.717, 1.165) is 16.7 Å². The van der Waals surface area contributed by atoms with Crippen molar-refractivity contribution in [1.29, 1.82) is 0 Å². The monoisotopic (exact) mass is 747 g/mol. The van der Waals surface area contributed by atoms with Gasteiger partial charge in [-0.25, -0.2) is 14.4 Å². The van der Waals surface area contributed by atoms with Crippen LogP contribution in [-0.2, 0) is 45.6 Å². The Hall–Kier alpha value is -3.70. The molecule has 1 aliphatic heterocycles. The molecule has 1 unspecified atom stereocenters. The van der Waals surface area contributed by atoms with Crippen LogP contribution in [0.5, 0.6) is 0 Å². The molecule has 0 bridgehead atoms. The predicted molar refractivity (Wildman–Crippen MR) is 162 cm³/mol. The molecular weight excluding hydrogens is 718 g/mol. The summed E-state index contributed by atoms with van der Waals surface area (Å²) in [5, 5.41) is 0.987. The minimum absolute atomic E-state index is 0. The normalized spacial score (nSPS) is 14.7. The van der Waals surface area contributed by atoms with Crippen LogP contribution in [0.4, 0.5) is 0 Å². The standard InChI is InChI=1S/C35H29ClN2O3.Re/c1-34(2,3)22-11-7-20(8-12-22)24-15-16-37-31-29(24)25(17-39)26(18-40)30-28(27(19-41)33(36)38-32(30)31)21-9-13-23(14-10-21)35(4,5)6;/h7-16,33H,1-6H3;. The number of pyridine rings is 1. The summed E-state index contributed by atoms with van der Waals surface area (Å²) >= 11 is 6.65. The van der Waals surface area contributed by atoms with Crippen molar-refractivity contribution in [1.82, 2.24) is 4.98 Å². The summed E-state index contributed by atoms with van der Waals surface area (Å²) in [4.78, 5) is 46.6. The maximum atomic E-state index is 12.6. The molecule has 0 amide bonds. The number of rotatable bonds is 2. The molecule has 1 aromatic heterocycles. The zero-order chi connectivity index (χ0) is 29.7. The van der Waals surface area contributed by atoms with Crippen LogP contribution >= 0.6 is 11.6 Å². The fourth-order valence-corrected chi connectivity index (χ4v) is 5.56. The van der Waals surface area contributed by atoms with Gasteiger partial charge in [0.05, 0.1) is 26.9 Å². The SMILES string of the molecule is CC(C)(C)c1ccc(C2=c3c(=C=O)c(=C=O)c4c(-c5ccc(C(C)(C)C)cc5)ccnc4c3=NC(Cl)C2=C=O)cc1.[Re]. The number of halogens is 1. The smallest absolute Gasteiger partial charge is 0.160 e. The van der Waals surface area contributed by atoms with Crippen molar-refractivity contribution in [3.8, 4) is 11.1 Å². The van der Waals surface area contributed by atoms with E-state index in [9.17, 15) is 14.4 Å². The van der Waals surface area contributed by atoms with Crippen LogP contribution in [-0.4, -0.2) is 28.3 Å². The zero-order valence-electron chi connectivity index (χ0n) is 24.2. The van der Waals surface area contributed by atoms with E-state index in [2.05, 4.69) is 51.5 Å². The fraction of sp³-hybridized carbons (Fsp3) is 0.257. The van der Waals surface area contributed by atoms with E-state index in [1.165, 1.54) is 0 Å². The van der Waals surface area contributed by atoms with E-state index >= 15 is 0 Å². The molecule has 0 N–H and O–H groups in total. The van der Waals surface area contributed by atoms with Crippen molar-refractivity contribution in [3.63, 3.8) is 0 Å². The number of alkyl halides is 1. The van der Waals surface area contributed by atoms with E-state index in [1.807, 2.05) is 66.4 Å². The molecule has 42 heavy (non-hydrogen) atoms. The average molecular weight is 747 g/mol. The number of benzene rings is 3. The number of hydrogen-bond acceptors (Lipinski definition) is 5. The van der Waals surface area contributed by atoms with Crippen molar-refractivity contribution >= 4 is 45.9 Å². The van der Waals surface area contributed by atoms with Gasteiger partial charge in [0.25, 0.3) is 0 Å². The molecule has 2 heterocycles. The first-order chi connectivity index (χ1) is 19.4. The first-order valence-electron chi connectivity index (χ1n) is 13.3. The van der Waals surface area contributed by atoms with Gasteiger partial charge in [0.2, 0.25) is 0 Å². The predicted octanol–water partition coefficient (Wildman–Crippen LogP) is 3.66. The Balaban J connectivity index is 0.00000405. The third-order valence-corrected chi connectivity index (χ3v) is 7.89. The van der Waals surface area contributed by atoms with Crippen LogP contribution in [0.3, 0.4) is 0 Å². The number of fused-ring (bicyclic) bond motifs is 3. The maximum Gasteiger partial charge on any atom is 0.160 e. The number of nitrogens with zero attached hydrogens (tertiary/aromatic N) is 2. The molecule has 3 aromatic carbocycles. The summed E-state index contributed by atoms with van der Waals surface area (Å²) in [6.07, 6.45) is 1.64. The van der Waals surface area contributed by atoms with Crippen LogP contribution in [0.1, 0.15) is 58.2 Å². The third kappa shape index (κ3) is 5.31. The van der Waals surface area contributed by atoms with E-state index in [4.69, 9.17) is 11.6 Å². The van der Waals surface area contributed by atoms with Crippen molar-refractivity contribution in [3.05, 3.63) is 104 Å². The Kier molecular flexibility index (Phi) is 8.58. The first-order valence-corrected chi connectivity index (χ1v) is 13.8.